The Balaban J connectivity index is 2.10. The standard InChI is InChI=1S/C17H17N3O3/c1-12(21)20(15-9-7-14(18)8-10-15)17(23)16(22)19-11-13-5-3-2-4-6-13/h2-10H,11,18H2,1H3,(H,19,22). The average Bonchev–Trinajstić information content (AvgIpc) is 2.55. The smallest absolute Gasteiger partial charge is 0.323 e. The Morgan fingerprint density at radius 3 is 2.17 bits per heavy atom. The molecule has 118 valence electrons. The summed E-state index contributed by atoms with van der Waals surface area (Å²) < 4.78 is 0. The molecule has 3 N–H and O–H groups in total. The van der Waals surface area contributed by atoms with Gasteiger partial charge in [-0.2, -0.15) is 0 Å². The van der Waals surface area contributed by atoms with Gasteiger partial charge in [0.15, 0.2) is 0 Å². The lowest BCUT2D eigenvalue weighted by Crippen LogP contribution is -2.45. The van der Waals surface area contributed by atoms with E-state index in [2.05, 4.69) is 5.32 Å². The highest BCUT2D eigenvalue weighted by Crippen LogP contribution is 2.17. The second-order valence-electron chi connectivity index (χ2n) is 4.92. The summed E-state index contributed by atoms with van der Waals surface area (Å²) >= 11 is 0. The molecule has 0 aliphatic rings. The molecule has 0 aromatic heterocycles. The SMILES string of the molecule is CC(=O)N(C(=O)C(=O)NCc1ccccc1)c1ccc(N)cc1. The lowest BCUT2D eigenvalue weighted by molar-refractivity contribution is -0.139. The maximum atomic E-state index is 12.3. The Labute approximate surface area is 133 Å². The molecule has 2 aromatic carbocycles. The van der Waals surface area contributed by atoms with Gasteiger partial charge in [-0.25, -0.2) is 4.90 Å². The van der Waals surface area contributed by atoms with Crippen molar-refractivity contribution in [2.45, 2.75) is 13.5 Å². The van der Waals surface area contributed by atoms with E-state index in [1.54, 1.807) is 12.1 Å². The topological polar surface area (TPSA) is 92.5 Å². The number of rotatable bonds is 3. The second-order valence-corrected chi connectivity index (χ2v) is 4.92. The van der Waals surface area contributed by atoms with Crippen LogP contribution >= 0.6 is 0 Å². The molecule has 0 heterocycles. The van der Waals surface area contributed by atoms with Crippen molar-refractivity contribution >= 4 is 29.1 Å². The first-order valence-electron chi connectivity index (χ1n) is 7.01. The van der Waals surface area contributed by atoms with Crippen molar-refractivity contribution in [1.82, 2.24) is 5.32 Å². The van der Waals surface area contributed by atoms with Gasteiger partial charge in [0, 0.05) is 19.2 Å². The molecular formula is C17H17N3O3. The number of benzene rings is 2. The molecule has 0 unspecified atom stereocenters. The van der Waals surface area contributed by atoms with Crippen molar-refractivity contribution in [3.8, 4) is 0 Å². The lowest BCUT2D eigenvalue weighted by Gasteiger charge is -2.18. The number of hydrogen-bond acceptors (Lipinski definition) is 4. The van der Waals surface area contributed by atoms with Gasteiger partial charge in [-0.05, 0) is 29.8 Å². The van der Waals surface area contributed by atoms with Crippen molar-refractivity contribution in [3.63, 3.8) is 0 Å². The normalized spacial score (nSPS) is 9.96. The minimum atomic E-state index is -0.932. The van der Waals surface area contributed by atoms with E-state index in [4.69, 9.17) is 5.73 Å². The number of amides is 3. The second kappa shape index (κ2) is 7.22. The zero-order valence-corrected chi connectivity index (χ0v) is 12.7. The van der Waals surface area contributed by atoms with Crippen molar-refractivity contribution in [2.75, 3.05) is 10.6 Å². The van der Waals surface area contributed by atoms with Gasteiger partial charge in [-0.3, -0.25) is 14.4 Å². The third kappa shape index (κ3) is 4.16. The summed E-state index contributed by atoms with van der Waals surface area (Å²) in [7, 11) is 0. The highest BCUT2D eigenvalue weighted by atomic mass is 16.2. The highest BCUT2D eigenvalue weighted by molar-refractivity contribution is 6.45. The fraction of sp³-hybridized carbons (Fsp3) is 0.118. The Hall–Kier alpha value is -3.15. The van der Waals surface area contributed by atoms with Gasteiger partial charge in [0.2, 0.25) is 5.91 Å². The predicted molar refractivity (Wildman–Crippen MR) is 87.3 cm³/mol. The summed E-state index contributed by atoms with van der Waals surface area (Å²) in [6, 6.07) is 15.3. The van der Waals surface area contributed by atoms with Crippen LogP contribution < -0.4 is 16.0 Å². The Kier molecular flexibility index (Phi) is 5.09. The molecule has 2 rings (SSSR count). The number of nitrogens with two attached hydrogens (primary N) is 1. The van der Waals surface area contributed by atoms with Gasteiger partial charge in [0.1, 0.15) is 0 Å². The molecule has 0 saturated heterocycles. The van der Waals surface area contributed by atoms with Crippen LogP contribution in [-0.4, -0.2) is 17.7 Å². The Morgan fingerprint density at radius 2 is 1.61 bits per heavy atom. The molecule has 0 aliphatic carbocycles. The molecule has 0 saturated carbocycles. The molecule has 0 atom stereocenters. The minimum absolute atomic E-state index is 0.207. The summed E-state index contributed by atoms with van der Waals surface area (Å²) in [5.41, 5.74) is 7.24. The Morgan fingerprint density at radius 1 is 1.00 bits per heavy atom. The van der Waals surface area contributed by atoms with Gasteiger partial charge in [0.05, 0.1) is 5.69 Å². The number of nitrogen functional groups attached to an aromatic ring is 1. The van der Waals surface area contributed by atoms with E-state index in [-0.39, 0.29) is 6.54 Å². The molecule has 6 heteroatoms. The van der Waals surface area contributed by atoms with E-state index < -0.39 is 17.7 Å². The summed E-state index contributed by atoms with van der Waals surface area (Å²) in [4.78, 5) is 36.8. The van der Waals surface area contributed by atoms with E-state index in [0.29, 0.717) is 11.4 Å². The fourth-order valence-corrected chi connectivity index (χ4v) is 2.02. The number of nitrogens with one attached hydrogen (secondary N) is 1. The van der Waals surface area contributed by atoms with Gasteiger partial charge in [-0.1, -0.05) is 30.3 Å². The zero-order chi connectivity index (χ0) is 16.8. The van der Waals surface area contributed by atoms with E-state index in [1.165, 1.54) is 19.1 Å². The maximum absolute atomic E-state index is 12.3. The maximum Gasteiger partial charge on any atom is 0.323 e. The van der Waals surface area contributed by atoms with Crippen LogP contribution in [0.4, 0.5) is 11.4 Å². The molecule has 6 nitrogen and oxygen atoms in total. The predicted octanol–water partition coefficient (Wildman–Crippen LogP) is 1.46. The zero-order valence-electron chi connectivity index (χ0n) is 12.7. The minimum Gasteiger partial charge on any atom is -0.399 e. The van der Waals surface area contributed by atoms with E-state index in [0.717, 1.165) is 10.5 Å². The molecule has 3 amide bonds. The third-order valence-corrected chi connectivity index (χ3v) is 3.16. The van der Waals surface area contributed by atoms with Crippen LogP contribution in [0.1, 0.15) is 12.5 Å². The average molecular weight is 311 g/mol. The first-order chi connectivity index (χ1) is 11.0. The van der Waals surface area contributed by atoms with Gasteiger partial charge < -0.3 is 11.1 Å². The quantitative estimate of drug-likeness (QED) is 0.663. The van der Waals surface area contributed by atoms with Crippen LogP contribution in [0.2, 0.25) is 0 Å². The van der Waals surface area contributed by atoms with Crippen LogP contribution in [0, 0.1) is 0 Å². The van der Waals surface area contributed by atoms with Crippen molar-refractivity contribution in [1.29, 1.82) is 0 Å². The Bertz CT molecular complexity index is 712. The number of hydrogen-bond donors (Lipinski definition) is 2. The molecule has 23 heavy (non-hydrogen) atoms. The van der Waals surface area contributed by atoms with Crippen molar-refractivity contribution < 1.29 is 14.4 Å². The van der Waals surface area contributed by atoms with Gasteiger partial charge >= 0.3 is 11.8 Å². The van der Waals surface area contributed by atoms with E-state index in [1.807, 2.05) is 30.3 Å². The van der Waals surface area contributed by atoms with Crippen LogP contribution in [0.15, 0.2) is 54.6 Å². The molecule has 0 aliphatic heterocycles. The van der Waals surface area contributed by atoms with Crippen LogP contribution in [-0.2, 0) is 20.9 Å². The molecule has 0 bridgehead atoms. The largest absolute Gasteiger partial charge is 0.399 e. The van der Waals surface area contributed by atoms with Crippen LogP contribution in [0.5, 0.6) is 0 Å². The molecular weight excluding hydrogens is 294 g/mol. The molecule has 0 spiro atoms. The molecule has 2 aromatic rings. The monoisotopic (exact) mass is 311 g/mol. The van der Waals surface area contributed by atoms with E-state index >= 15 is 0 Å². The van der Waals surface area contributed by atoms with Gasteiger partial charge in [-0.15, -0.1) is 0 Å². The number of anilines is 2. The number of carbonyl (C=O) groups is 3. The molecule has 0 radical (unpaired) electrons. The first kappa shape index (κ1) is 16.2. The van der Waals surface area contributed by atoms with E-state index in [9.17, 15) is 14.4 Å². The first-order valence-corrected chi connectivity index (χ1v) is 7.01. The summed E-state index contributed by atoms with van der Waals surface area (Å²) in [6.07, 6.45) is 0. The summed E-state index contributed by atoms with van der Waals surface area (Å²) in [6.45, 7) is 1.43. The third-order valence-electron chi connectivity index (χ3n) is 3.16. The van der Waals surface area contributed by atoms with Crippen LogP contribution in [0.3, 0.4) is 0 Å². The van der Waals surface area contributed by atoms with Crippen molar-refractivity contribution in [2.24, 2.45) is 0 Å². The number of nitrogens with zero attached hydrogens (tertiary/aromatic N) is 1. The lowest BCUT2D eigenvalue weighted by atomic mass is 10.2. The van der Waals surface area contributed by atoms with Gasteiger partial charge in [0.25, 0.3) is 0 Å². The van der Waals surface area contributed by atoms with Crippen LogP contribution in [0.25, 0.3) is 0 Å². The summed E-state index contributed by atoms with van der Waals surface area (Å²) in [5, 5.41) is 2.51. The summed E-state index contributed by atoms with van der Waals surface area (Å²) in [5.74, 6) is -2.33. The van der Waals surface area contributed by atoms with Crippen molar-refractivity contribution in [3.05, 3.63) is 60.2 Å². The number of imide groups is 1. The fourth-order valence-electron chi connectivity index (χ4n) is 2.02. The highest BCUT2D eigenvalue weighted by Gasteiger charge is 2.26. The number of carbonyl (C=O) groups excluding carboxylic acids is 3. The molecule has 0 fully saturated rings.